The second kappa shape index (κ2) is 7.39. The number of carbonyl (C=O) groups is 1. The molecule has 0 bridgehead atoms. The van der Waals surface area contributed by atoms with Crippen LogP contribution in [0.15, 0.2) is 0 Å². The maximum absolute atomic E-state index is 12.1. The van der Waals surface area contributed by atoms with E-state index in [0.717, 1.165) is 64.4 Å². The first-order valence-corrected chi connectivity index (χ1v) is 9.38. The van der Waals surface area contributed by atoms with Gasteiger partial charge in [-0.15, -0.1) is 10.2 Å². The number of amides is 1. The Kier molecular flexibility index (Phi) is 5.00. The first kappa shape index (κ1) is 16.9. The third-order valence-corrected chi connectivity index (χ3v) is 5.47. The minimum absolute atomic E-state index is 0.0576. The SMILES string of the molecule is O=C(CCN1CCOCC1)NC1CC(c2nnc(CO)n2C2CC2)C1. The minimum Gasteiger partial charge on any atom is -0.388 e. The molecule has 3 fully saturated rings. The molecule has 0 spiro atoms. The van der Waals surface area contributed by atoms with Crippen LogP contribution in [0.5, 0.6) is 0 Å². The number of nitrogens with zero attached hydrogens (tertiary/aromatic N) is 4. The number of nitrogens with one attached hydrogen (secondary N) is 1. The smallest absolute Gasteiger partial charge is 0.221 e. The fourth-order valence-electron chi connectivity index (χ4n) is 3.79. The highest BCUT2D eigenvalue weighted by molar-refractivity contribution is 5.76. The van der Waals surface area contributed by atoms with E-state index in [9.17, 15) is 9.90 Å². The second-order valence-electron chi connectivity index (χ2n) is 7.37. The average Bonchev–Trinajstić information content (AvgIpc) is 3.36. The van der Waals surface area contributed by atoms with Crippen molar-refractivity contribution in [3.8, 4) is 0 Å². The van der Waals surface area contributed by atoms with Crippen LogP contribution in [-0.4, -0.2) is 69.6 Å². The lowest BCUT2D eigenvalue weighted by Gasteiger charge is -2.35. The van der Waals surface area contributed by atoms with E-state index in [1.54, 1.807) is 0 Å². The molecule has 2 saturated carbocycles. The molecule has 1 aromatic rings. The van der Waals surface area contributed by atoms with E-state index in [1.807, 2.05) is 0 Å². The van der Waals surface area contributed by atoms with Gasteiger partial charge in [0.25, 0.3) is 0 Å². The van der Waals surface area contributed by atoms with Crippen molar-refractivity contribution in [2.24, 2.45) is 0 Å². The Morgan fingerprint density at radius 3 is 2.68 bits per heavy atom. The van der Waals surface area contributed by atoms with Crippen LogP contribution in [0, 0.1) is 0 Å². The molecule has 1 amide bonds. The summed E-state index contributed by atoms with van der Waals surface area (Å²) in [4.78, 5) is 14.4. The molecule has 0 radical (unpaired) electrons. The lowest BCUT2D eigenvalue weighted by molar-refractivity contribution is -0.123. The van der Waals surface area contributed by atoms with Gasteiger partial charge in [-0.3, -0.25) is 9.69 Å². The first-order chi connectivity index (χ1) is 12.2. The van der Waals surface area contributed by atoms with Crippen LogP contribution < -0.4 is 5.32 Å². The van der Waals surface area contributed by atoms with E-state index < -0.39 is 0 Å². The molecule has 0 unspecified atom stereocenters. The Morgan fingerprint density at radius 2 is 2.00 bits per heavy atom. The number of aromatic nitrogens is 3. The molecule has 0 aromatic carbocycles. The number of rotatable bonds is 7. The topological polar surface area (TPSA) is 92.5 Å². The molecule has 2 aliphatic carbocycles. The Hall–Kier alpha value is -1.51. The maximum atomic E-state index is 12.1. The number of carbonyl (C=O) groups excluding carboxylic acids is 1. The van der Waals surface area contributed by atoms with E-state index in [0.29, 0.717) is 24.2 Å². The van der Waals surface area contributed by atoms with Crippen LogP contribution in [0.25, 0.3) is 0 Å². The zero-order valence-electron chi connectivity index (χ0n) is 14.6. The molecule has 1 aromatic heterocycles. The largest absolute Gasteiger partial charge is 0.388 e. The van der Waals surface area contributed by atoms with Crippen molar-refractivity contribution >= 4 is 5.91 Å². The molecule has 1 aliphatic heterocycles. The molecule has 8 heteroatoms. The summed E-state index contributed by atoms with van der Waals surface area (Å²) in [6.07, 6.45) is 4.67. The Labute approximate surface area is 147 Å². The summed E-state index contributed by atoms with van der Waals surface area (Å²) in [5, 5.41) is 21.0. The van der Waals surface area contributed by atoms with Gasteiger partial charge >= 0.3 is 0 Å². The minimum atomic E-state index is -0.0576. The summed E-state index contributed by atoms with van der Waals surface area (Å²) in [6, 6.07) is 0.707. The summed E-state index contributed by atoms with van der Waals surface area (Å²) in [5.41, 5.74) is 0. The highest BCUT2D eigenvalue weighted by atomic mass is 16.5. The van der Waals surface area contributed by atoms with Crippen molar-refractivity contribution < 1.29 is 14.6 Å². The van der Waals surface area contributed by atoms with E-state index in [-0.39, 0.29) is 18.6 Å². The van der Waals surface area contributed by atoms with Crippen molar-refractivity contribution in [1.82, 2.24) is 25.0 Å². The molecule has 0 atom stereocenters. The third-order valence-electron chi connectivity index (χ3n) is 5.47. The van der Waals surface area contributed by atoms with Crippen LogP contribution >= 0.6 is 0 Å². The predicted octanol–water partition coefficient (Wildman–Crippen LogP) is 0.190. The Balaban J connectivity index is 1.22. The molecule has 138 valence electrons. The van der Waals surface area contributed by atoms with Crippen molar-refractivity contribution in [1.29, 1.82) is 0 Å². The lowest BCUT2D eigenvalue weighted by Crippen LogP contribution is -2.45. The van der Waals surface area contributed by atoms with Gasteiger partial charge < -0.3 is 19.7 Å². The number of morpholine rings is 1. The molecular formula is C17H27N5O3. The summed E-state index contributed by atoms with van der Waals surface area (Å²) in [5.74, 6) is 2.15. The molecule has 8 nitrogen and oxygen atoms in total. The Morgan fingerprint density at radius 1 is 1.24 bits per heavy atom. The number of aliphatic hydroxyl groups excluding tert-OH is 1. The van der Waals surface area contributed by atoms with Gasteiger partial charge in [-0.1, -0.05) is 0 Å². The predicted molar refractivity (Wildman–Crippen MR) is 90.0 cm³/mol. The van der Waals surface area contributed by atoms with Crippen LogP contribution in [0.1, 0.15) is 55.7 Å². The summed E-state index contributed by atoms with van der Waals surface area (Å²) >= 11 is 0. The molecule has 3 aliphatic rings. The fraction of sp³-hybridized carbons (Fsp3) is 0.824. The van der Waals surface area contributed by atoms with Crippen molar-refractivity contribution in [3.05, 3.63) is 11.6 Å². The van der Waals surface area contributed by atoms with Crippen molar-refractivity contribution in [2.45, 2.75) is 56.7 Å². The van der Waals surface area contributed by atoms with Gasteiger partial charge in [0.05, 0.1) is 13.2 Å². The molecule has 2 N–H and O–H groups in total. The van der Waals surface area contributed by atoms with Gasteiger partial charge in [0.15, 0.2) is 5.82 Å². The van der Waals surface area contributed by atoms with Gasteiger partial charge in [-0.25, -0.2) is 0 Å². The Bertz CT molecular complexity index is 603. The summed E-state index contributed by atoms with van der Waals surface area (Å²) in [7, 11) is 0. The van der Waals surface area contributed by atoms with E-state index in [4.69, 9.17) is 4.74 Å². The van der Waals surface area contributed by atoms with Crippen LogP contribution in [0.4, 0.5) is 0 Å². The monoisotopic (exact) mass is 349 g/mol. The van der Waals surface area contributed by atoms with Crippen molar-refractivity contribution in [3.63, 3.8) is 0 Å². The van der Waals surface area contributed by atoms with Crippen LogP contribution in [0.2, 0.25) is 0 Å². The third kappa shape index (κ3) is 3.86. The summed E-state index contributed by atoms with van der Waals surface area (Å²) in [6.45, 7) is 4.12. The number of ether oxygens (including phenoxy) is 1. The standard InChI is InChI=1S/C17H27N5O3/c23-11-15-19-20-17(22(15)14-1-2-14)12-9-13(10-12)18-16(24)3-4-21-5-7-25-8-6-21/h12-14,23H,1-11H2,(H,18,24). The quantitative estimate of drug-likeness (QED) is 0.730. The molecule has 1 saturated heterocycles. The first-order valence-electron chi connectivity index (χ1n) is 9.38. The molecular weight excluding hydrogens is 322 g/mol. The van der Waals surface area contributed by atoms with Gasteiger partial charge in [0.2, 0.25) is 5.91 Å². The lowest BCUT2D eigenvalue weighted by atomic mass is 9.79. The van der Waals surface area contributed by atoms with Crippen molar-refractivity contribution in [2.75, 3.05) is 32.8 Å². The summed E-state index contributed by atoms with van der Waals surface area (Å²) < 4.78 is 7.45. The average molecular weight is 349 g/mol. The van der Waals surface area contributed by atoms with E-state index in [2.05, 4.69) is 25.0 Å². The number of aliphatic hydroxyl groups is 1. The van der Waals surface area contributed by atoms with Gasteiger partial charge in [-0.05, 0) is 25.7 Å². The van der Waals surface area contributed by atoms with Crippen LogP contribution in [0.3, 0.4) is 0 Å². The number of hydrogen-bond donors (Lipinski definition) is 2. The zero-order valence-corrected chi connectivity index (χ0v) is 14.6. The highest BCUT2D eigenvalue weighted by Crippen LogP contribution is 2.42. The normalized spacial score (nSPS) is 27.1. The second-order valence-corrected chi connectivity index (χ2v) is 7.37. The highest BCUT2D eigenvalue weighted by Gasteiger charge is 2.38. The molecule has 4 rings (SSSR count). The van der Waals surface area contributed by atoms with Gasteiger partial charge in [-0.2, -0.15) is 0 Å². The van der Waals surface area contributed by atoms with Crippen LogP contribution in [-0.2, 0) is 16.1 Å². The van der Waals surface area contributed by atoms with Gasteiger partial charge in [0.1, 0.15) is 12.4 Å². The van der Waals surface area contributed by atoms with E-state index >= 15 is 0 Å². The molecule has 2 heterocycles. The molecule has 25 heavy (non-hydrogen) atoms. The van der Waals surface area contributed by atoms with Gasteiger partial charge in [0, 0.05) is 44.1 Å². The fourth-order valence-corrected chi connectivity index (χ4v) is 3.79. The maximum Gasteiger partial charge on any atom is 0.221 e. The van der Waals surface area contributed by atoms with E-state index in [1.165, 1.54) is 0 Å². The number of hydrogen-bond acceptors (Lipinski definition) is 6. The zero-order chi connectivity index (χ0) is 17.2.